The van der Waals surface area contributed by atoms with E-state index in [4.69, 9.17) is 10.5 Å². The van der Waals surface area contributed by atoms with E-state index in [-0.39, 0.29) is 10.0 Å². The van der Waals surface area contributed by atoms with Crippen LogP contribution in [0, 0.1) is 28.5 Å². The minimum atomic E-state index is -0.528. The SMILES string of the molecule is CN(c1ccccc1C#N)c1ccc(C#N)c(Br)c1F. The van der Waals surface area contributed by atoms with Crippen molar-refractivity contribution in [2.75, 3.05) is 11.9 Å². The number of para-hydroxylation sites is 1. The molecule has 0 spiro atoms. The number of nitrogens with zero attached hydrogens (tertiary/aromatic N) is 3. The van der Waals surface area contributed by atoms with Gasteiger partial charge in [-0.2, -0.15) is 10.5 Å². The summed E-state index contributed by atoms with van der Waals surface area (Å²) in [5.74, 6) is -0.528. The Hall–Kier alpha value is -2.37. The first-order valence-electron chi connectivity index (χ1n) is 5.71. The Bertz CT molecular complexity index is 744. The zero-order valence-electron chi connectivity index (χ0n) is 10.6. The molecule has 2 rings (SSSR count). The van der Waals surface area contributed by atoms with E-state index in [2.05, 4.69) is 22.0 Å². The molecule has 5 heteroatoms. The minimum Gasteiger partial charge on any atom is -0.341 e. The van der Waals surface area contributed by atoms with Gasteiger partial charge in [0.15, 0.2) is 5.82 Å². The lowest BCUT2D eigenvalue weighted by molar-refractivity contribution is 0.620. The Morgan fingerprint density at radius 3 is 2.30 bits per heavy atom. The molecule has 2 aromatic rings. The summed E-state index contributed by atoms with van der Waals surface area (Å²) < 4.78 is 14.4. The quantitative estimate of drug-likeness (QED) is 0.833. The second-order valence-corrected chi connectivity index (χ2v) is 4.85. The van der Waals surface area contributed by atoms with E-state index in [0.29, 0.717) is 16.9 Å². The van der Waals surface area contributed by atoms with Gasteiger partial charge >= 0.3 is 0 Å². The largest absolute Gasteiger partial charge is 0.341 e. The molecule has 0 fully saturated rings. The van der Waals surface area contributed by atoms with Gasteiger partial charge in [0.1, 0.15) is 12.1 Å². The maximum atomic E-state index is 14.3. The number of benzene rings is 2. The van der Waals surface area contributed by atoms with Crippen LogP contribution in [0.5, 0.6) is 0 Å². The topological polar surface area (TPSA) is 50.8 Å². The van der Waals surface area contributed by atoms with Crippen LogP contribution in [0.1, 0.15) is 11.1 Å². The molecule has 0 bridgehead atoms. The van der Waals surface area contributed by atoms with Gasteiger partial charge in [0.2, 0.25) is 0 Å². The fourth-order valence-corrected chi connectivity index (χ4v) is 2.30. The molecule has 0 aliphatic heterocycles. The summed E-state index contributed by atoms with van der Waals surface area (Å²) >= 11 is 3.08. The van der Waals surface area contributed by atoms with Crippen LogP contribution in [0.15, 0.2) is 40.9 Å². The van der Waals surface area contributed by atoms with E-state index in [1.807, 2.05) is 6.07 Å². The minimum absolute atomic E-state index is 0.124. The summed E-state index contributed by atoms with van der Waals surface area (Å²) in [5.41, 5.74) is 1.58. The van der Waals surface area contributed by atoms with Gasteiger partial charge in [-0.1, -0.05) is 12.1 Å². The van der Waals surface area contributed by atoms with Crippen molar-refractivity contribution in [1.82, 2.24) is 0 Å². The van der Waals surface area contributed by atoms with E-state index in [9.17, 15) is 4.39 Å². The second-order valence-electron chi connectivity index (χ2n) is 4.06. The fraction of sp³-hybridized carbons (Fsp3) is 0.0667. The summed E-state index contributed by atoms with van der Waals surface area (Å²) in [5, 5.41) is 18.0. The summed E-state index contributed by atoms with van der Waals surface area (Å²) in [6.45, 7) is 0. The lowest BCUT2D eigenvalue weighted by Gasteiger charge is -2.21. The standard InChI is InChI=1S/C15H9BrFN3/c1-20(12-5-3-2-4-10(12)8-18)13-7-6-11(9-19)14(16)15(13)17/h2-7H,1H3. The van der Waals surface area contributed by atoms with Crippen molar-refractivity contribution in [2.45, 2.75) is 0 Å². The molecule has 3 nitrogen and oxygen atoms in total. The molecule has 0 aliphatic rings. The Kier molecular flexibility index (Phi) is 4.02. The van der Waals surface area contributed by atoms with Gasteiger partial charge < -0.3 is 4.90 Å². The van der Waals surface area contributed by atoms with Gasteiger partial charge in [-0.05, 0) is 40.2 Å². The van der Waals surface area contributed by atoms with Crippen LogP contribution < -0.4 is 4.90 Å². The van der Waals surface area contributed by atoms with Crippen LogP contribution in [0.3, 0.4) is 0 Å². The van der Waals surface area contributed by atoms with Crippen LogP contribution in [-0.2, 0) is 0 Å². The van der Waals surface area contributed by atoms with Crippen LogP contribution >= 0.6 is 15.9 Å². The third-order valence-corrected chi connectivity index (χ3v) is 3.70. The van der Waals surface area contributed by atoms with Gasteiger partial charge in [-0.15, -0.1) is 0 Å². The molecule has 2 aromatic carbocycles. The monoisotopic (exact) mass is 329 g/mol. The van der Waals surface area contributed by atoms with E-state index in [1.54, 1.807) is 36.2 Å². The van der Waals surface area contributed by atoms with Gasteiger partial charge in [0, 0.05) is 7.05 Å². The van der Waals surface area contributed by atoms with Crippen molar-refractivity contribution in [3.63, 3.8) is 0 Å². The van der Waals surface area contributed by atoms with Crippen LogP contribution in [0.25, 0.3) is 0 Å². The van der Waals surface area contributed by atoms with Gasteiger partial charge in [-0.25, -0.2) is 4.39 Å². The molecule has 0 atom stereocenters. The van der Waals surface area contributed by atoms with Crippen molar-refractivity contribution < 1.29 is 4.39 Å². The molecule has 0 unspecified atom stereocenters. The third-order valence-electron chi connectivity index (χ3n) is 2.93. The predicted octanol–water partition coefficient (Wildman–Crippen LogP) is 4.10. The normalized spacial score (nSPS) is 9.65. The number of hydrogen-bond acceptors (Lipinski definition) is 3. The highest BCUT2D eigenvalue weighted by Gasteiger charge is 2.16. The summed E-state index contributed by atoms with van der Waals surface area (Å²) in [4.78, 5) is 1.58. The van der Waals surface area contributed by atoms with Crippen LogP contribution in [0.4, 0.5) is 15.8 Å². The summed E-state index contributed by atoms with van der Waals surface area (Å²) in [6.07, 6.45) is 0. The van der Waals surface area contributed by atoms with Crippen LogP contribution in [0.2, 0.25) is 0 Å². The Labute approximate surface area is 124 Å². The molecule has 20 heavy (non-hydrogen) atoms. The van der Waals surface area contributed by atoms with E-state index in [0.717, 1.165) is 0 Å². The maximum Gasteiger partial charge on any atom is 0.162 e. The van der Waals surface area contributed by atoms with E-state index < -0.39 is 5.82 Å². The van der Waals surface area contributed by atoms with Crippen molar-refractivity contribution in [1.29, 1.82) is 10.5 Å². The molecule has 98 valence electrons. The molecular weight excluding hydrogens is 321 g/mol. The molecule has 0 N–H and O–H groups in total. The first-order valence-corrected chi connectivity index (χ1v) is 6.50. The zero-order chi connectivity index (χ0) is 14.7. The molecule has 0 aromatic heterocycles. The highest BCUT2D eigenvalue weighted by molar-refractivity contribution is 9.10. The van der Waals surface area contributed by atoms with Crippen molar-refractivity contribution in [3.8, 4) is 12.1 Å². The number of rotatable bonds is 2. The summed E-state index contributed by atoms with van der Waals surface area (Å²) in [6, 6.07) is 14.0. The zero-order valence-corrected chi connectivity index (χ0v) is 12.1. The van der Waals surface area contributed by atoms with Crippen LogP contribution in [-0.4, -0.2) is 7.05 Å². The number of anilines is 2. The molecule has 0 radical (unpaired) electrons. The first kappa shape index (κ1) is 14.0. The first-order chi connectivity index (χ1) is 9.60. The Morgan fingerprint density at radius 1 is 1.00 bits per heavy atom. The molecular formula is C15H9BrFN3. The molecule has 0 amide bonds. The smallest absolute Gasteiger partial charge is 0.162 e. The Morgan fingerprint density at radius 2 is 1.65 bits per heavy atom. The predicted molar refractivity (Wildman–Crippen MR) is 78.0 cm³/mol. The average Bonchev–Trinajstić information content (AvgIpc) is 2.49. The lowest BCUT2D eigenvalue weighted by Crippen LogP contribution is -2.13. The van der Waals surface area contributed by atoms with E-state index in [1.165, 1.54) is 12.1 Å². The van der Waals surface area contributed by atoms with E-state index >= 15 is 0 Å². The number of nitriles is 2. The number of halogens is 2. The van der Waals surface area contributed by atoms with Gasteiger partial charge in [0.05, 0.1) is 27.0 Å². The fourth-order valence-electron chi connectivity index (χ4n) is 1.88. The van der Waals surface area contributed by atoms with Gasteiger partial charge in [-0.3, -0.25) is 0 Å². The number of hydrogen-bond donors (Lipinski definition) is 0. The Balaban J connectivity index is 2.56. The molecule has 0 saturated heterocycles. The average molecular weight is 330 g/mol. The lowest BCUT2D eigenvalue weighted by atomic mass is 10.1. The highest BCUT2D eigenvalue weighted by Crippen LogP contribution is 2.33. The van der Waals surface area contributed by atoms with Gasteiger partial charge in [0.25, 0.3) is 0 Å². The third kappa shape index (κ3) is 2.36. The van der Waals surface area contributed by atoms with Crippen molar-refractivity contribution >= 4 is 27.3 Å². The second kappa shape index (κ2) is 5.73. The summed E-state index contributed by atoms with van der Waals surface area (Å²) in [7, 11) is 1.67. The maximum absolute atomic E-state index is 14.3. The molecule has 0 heterocycles. The highest BCUT2D eigenvalue weighted by atomic mass is 79.9. The molecule has 0 aliphatic carbocycles. The van der Waals surface area contributed by atoms with Crippen molar-refractivity contribution in [3.05, 3.63) is 57.8 Å². The molecule has 0 saturated carbocycles. The van der Waals surface area contributed by atoms with Crippen molar-refractivity contribution in [2.24, 2.45) is 0 Å².